The largest absolute Gasteiger partial charge is 0.493 e. The van der Waals surface area contributed by atoms with Gasteiger partial charge in [0.05, 0.1) is 35.7 Å². The number of anilines is 2. The molecule has 220 valence electrons. The average molecular weight is 637 g/mol. The van der Waals surface area contributed by atoms with Crippen molar-refractivity contribution in [1.82, 2.24) is 5.32 Å². The third-order valence-corrected chi connectivity index (χ3v) is 7.79. The highest BCUT2D eigenvalue weighted by Gasteiger charge is 2.16. The van der Waals surface area contributed by atoms with Crippen molar-refractivity contribution in [3.05, 3.63) is 118 Å². The predicted octanol–water partition coefficient (Wildman–Crippen LogP) is 7.15. The Morgan fingerprint density at radius 3 is 2.23 bits per heavy atom. The van der Waals surface area contributed by atoms with Crippen LogP contribution < -0.4 is 25.4 Å². The van der Waals surface area contributed by atoms with E-state index in [1.54, 1.807) is 97.1 Å². The van der Waals surface area contributed by atoms with Gasteiger partial charge in [-0.1, -0.05) is 53.5 Å². The number of ether oxygens (including phenoxy) is 2. The van der Waals surface area contributed by atoms with Gasteiger partial charge < -0.3 is 25.4 Å². The van der Waals surface area contributed by atoms with Crippen LogP contribution in [0.5, 0.6) is 11.5 Å². The van der Waals surface area contributed by atoms with Crippen LogP contribution in [0.1, 0.15) is 15.9 Å². The molecule has 0 heterocycles. The topological polar surface area (TPSA) is 106 Å². The van der Waals surface area contributed by atoms with E-state index >= 15 is 0 Å². The Morgan fingerprint density at radius 1 is 0.814 bits per heavy atom. The Labute approximate surface area is 263 Å². The van der Waals surface area contributed by atoms with Gasteiger partial charge in [-0.15, -0.1) is 11.8 Å². The molecule has 0 aromatic heterocycles. The molecule has 0 saturated heterocycles. The van der Waals surface area contributed by atoms with Crippen LogP contribution in [0.15, 0.2) is 102 Å². The summed E-state index contributed by atoms with van der Waals surface area (Å²) >= 11 is 13.5. The molecule has 0 spiro atoms. The monoisotopic (exact) mass is 635 g/mol. The second kappa shape index (κ2) is 15.2. The third-order valence-electron chi connectivity index (χ3n) is 5.96. The summed E-state index contributed by atoms with van der Waals surface area (Å²) in [7, 11) is 3.04. The van der Waals surface area contributed by atoms with Crippen LogP contribution >= 0.6 is 35.0 Å². The van der Waals surface area contributed by atoms with E-state index in [0.717, 1.165) is 4.90 Å². The van der Waals surface area contributed by atoms with E-state index in [1.165, 1.54) is 26.0 Å². The third kappa shape index (κ3) is 8.78. The second-order valence-corrected chi connectivity index (χ2v) is 10.7. The number of methoxy groups -OCH3 is 2. The minimum absolute atomic E-state index is 0.0240. The van der Waals surface area contributed by atoms with Gasteiger partial charge in [-0.3, -0.25) is 14.4 Å². The zero-order valence-electron chi connectivity index (χ0n) is 23.2. The molecule has 0 aliphatic carbocycles. The fourth-order valence-electron chi connectivity index (χ4n) is 3.82. The first-order valence-electron chi connectivity index (χ1n) is 12.9. The molecule has 0 radical (unpaired) electrons. The van der Waals surface area contributed by atoms with Gasteiger partial charge in [0.1, 0.15) is 5.70 Å². The van der Waals surface area contributed by atoms with E-state index < -0.39 is 11.8 Å². The van der Waals surface area contributed by atoms with E-state index in [0.29, 0.717) is 39.0 Å². The van der Waals surface area contributed by atoms with E-state index in [4.69, 9.17) is 32.7 Å². The van der Waals surface area contributed by atoms with Crippen LogP contribution in [0.2, 0.25) is 10.0 Å². The van der Waals surface area contributed by atoms with Crippen LogP contribution in [0.4, 0.5) is 11.4 Å². The number of thioether (sulfide) groups is 1. The molecule has 43 heavy (non-hydrogen) atoms. The first-order chi connectivity index (χ1) is 20.8. The molecule has 0 fully saturated rings. The summed E-state index contributed by atoms with van der Waals surface area (Å²) in [6.45, 7) is 0. The van der Waals surface area contributed by atoms with E-state index in [1.807, 2.05) is 0 Å². The van der Waals surface area contributed by atoms with E-state index in [-0.39, 0.29) is 22.4 Å². The van der Waals surface area contributed by atoms with Crippen molar-refractivity contribution in [2.75, 3.05) is 30.6 Å². The number of halogens is 2. The van der Waals surface area contributed by atoms with E-state index in [2.05, 4.69) is 16.0 Å². The molecule has 0 unspecified atom stereocenters. The highest BCUT2D eigenvalue weighted by atomic mass is 35.5. The molecule has 0 aliphatic rings. The summed E-state index contributed by atoms with van der Waals surface area (Å²) in [5.74, 6) is -0.0712. The molecule has 0 atom stereocenters. The molecule has 4 rings (SSSR count). The number of benzene rings is 4. The maximum absolute atomic E-state index is 13.4. The fourth-order valence-corrected chi connectivity index (χ4v) is 4.87. The molecule has 0 bridgehead atoms. The number of amides is 3. The van der Waals surface area contributed by atoms with Crippen molar-refractivity contribution < 1.29 is 23.9 Å². The van der Waals surface area contributed by atoms with Crippen molar-refractivity contribution in [2.24, 2.45) is 0 Å². The number of hydrogen-bond acceptors (Lipinski definition) is 6. The summed E-state index contributed by atoms with van der Waals surface area (Å²) in [5, 5.41) is 8.90. The molecular weight excluding hydrogens is 609 g/mol. The van der Waals surface area contributed by atoms with Gasteiger partial charge in [-0.25, -0.2) is 0 Å². The Morgan fingerprint density at radius 2 is 1.53 bits per heavy atom. The Kier molecular flexibility index (Phi) is 11.1. The first kappa shape index (κ1) is 31.5. The molecule has 8 nitrogen and oxygen atoms in total. The second-order valence-electron chi connectivity index (χ2n) is 8.91. The summed E-state index contributed by atoms with van der Waals surface area (Å²) in [4.78, 5) is 39.5. The quantitative estimate of drug-likeness (QED) is 0.119. The number of carbonyl (C=O) groups excluding carboxylic acids is 3. The number of rotatable bonds is 11. The minimum Gasteiger partial charge on any atom is -0.493 e. The molecule has 3 amide bonds. The van der Waals surface area contributed by atoms with Gasteiger partial charge >= 0.3 is 0 Å². The fraction of sp³-hybridized carbons (Fsp3) is 0.0938. The smallest absolute Gasteiger partial charge is 0.272 e. The summed E-state index contributed by atoms with van der Waals surface area (Å²) in [6, 6.07) is 25.7. The zero-order valence-corrected chi connectivity index (χ0v) is 25.5. The average Bonchev–Trinajstić information content (AvgIpc) is 3.02. The molecule has 0 aliphatic heterocycles. The van der Waals surface area contributed by atoms with Gasteiger partial charge in [0, 0.05) is 16.1 Å². The standard InChI is InChI=1S/C32H27Cl2N3O5S/c1-41-27-16-11-20(18-28(27)42-2)17-26(37-31(39)21-7-4-3-5-8-21)32(40)35-22-12-14-23(15-13-22)43-19-29(38)36-25-10-6-9-24(33)30(25)34/h3-18H,19H2,1-2H3,(H,35,40)(H,36,38)(H,37,39)/b26-17-. The van der Waals surface area contributed by atoms with E-state index in [9.17, 15) is 14.4 Å². The number of carbonyl (C=O) groups is 3. The molecular formula is C32H27Cl2N3O5S. The van der Waals surface area contributed by atoms with Crippen molar-refractivity contribution >= 4 is 70.1 Å². The lowest BCUT2D eigenvalue weighted by Gasteiger charge is -2.13. The van der Waals surface area contributed by atoms with Crippen molar-refractivity contribution in [3.63, 3.8) is 0 Å². The molecule has 3 N–H and O–H groups in total. The van der Waals surface area contributed by atoms with Gasteiger partial charge in [0.2, 0.25) is 5.91 Å². The summed E-state index contributed by atoms with van der Waals surface area (Å²) < 4.78 is 10.7. The first-order valence-corrected chi connectivity index (χ1v) is 14.6. The highest BCUT2D eigenvalue weighted by Crippen LogP contribution is 2.30. The SMILES string of the molecule is COc1ccc(/C=C(\NC(=O)c2ccccc2)C(=O)Nc2ccc(SCC(=O)Nc3cccc(Cl)c3Cl)cc2)cc1OC. The van der Waals surface area contributed by atoms with Crippen LogP contribution in [0.25, 0.3) is 6.08 Å². The van der Waals surface area contributed by atoms with Crippen LogP contribution in [-0.4, -0.2) is 37.7 Å². The molecule has 0 saturated carbocycles. The lowest BCUT2D eigenvalue weighted by molar-refractivity contribution is -0.114. The van der Waals surface area contributed by atoms with Gasteiger partial charge in [-0.2, -0.15) is 0 Å². The lowest BCUT2D eigenvalue weighted by Crippen LogP contribution is -2.30. The number of hydrogen-bond donors (Lipinski definition) is 3. The maximum atomic E-state index is 13.4. The Hall–Kier alpha value is -4.44. The molecule has 4 aromatic rings. The maximum Gasteiger partial charge on any atom is 0.272 e. The molecule has 4 aromatic carbocycles. The van der Waals surface area contributed by atoms with Gasteiger partial charge in [0.15, 0.2) is 11.5 Å². The Bertz CT molecular complexity index is 1650. The van der Waals surface area contributed by atoms with Crippen molar-refractivity contribution in [2.45, 2.75) is 4.90 Å². The normalized spacial score (nSPS) is 10.9. The zero-order chi connectivity index (χ0) is 30.8. The van der Waals surface area contributed by atoms with Gasteiger partial charge in [-0.05, 0) is 72.3 Å². The van der Waals surface area contributed by atoms with Crippen LogP contribution in [-0.2, 0) is 9.59 Å². The van der Waals surface area contributed by atoms with Crippen LogP contribution in [0.3, 0.4) is 0 Å². The van der Waals surface area contributed by atoms with Crippen molar-refractivity contribution in [1.29, 1.82) is 0 Å². The van der Waals surface area contributed by atoms with Gasteiger partial charge in [0.25, 0.3) is 11.8 Å². The highest BCUT2D eigenvalue weighted by molar-refractivity contribution is 8.00. The number of nitrogens with one attached hydrogen (secondary N) is 3. The van der Waals surface area contributed by atoms with Crippen LogP contribution in [0, 0.1) is 0 Å². The minimum atomic E-state index is -0.530. The summed E-state index contributed by atoms with van der Waals surface area (Å²) in [6.07, 6.45) is 1.55. The molecule has 11 heteroatoms. The predicted molar refractivity (Wildman–Crippen MR) is 172 cm³/mol. The van der Waals surface area contributed by atoms with Crippen molar-refractivity contribution in [3.8, 4) is 11.5 Å². The summed E-state index contributed by atoms with van der Waals surface area (Å²) in [5.41, 5.74) is 1.97. The lowest BCUT2D eigenvalue weighted by atomic mass is 10.1. The Balaban J connectivity index is 1.45.